The minimum absolute atomic E-state index is 0.0850. The van der Waals surface area contributed by atoms with Crippen molar-refractivity contribution in [3.63, 3.8) is 0 Å². The Bertz CT molecular complexity index is 800. The van der Waals surface area contributed by atoms with Crippen LogP contribution in [0.4, 0.5) is 0 Å². The maximum atomic E-state index is 5.97. The largest absolute Gasteiger partial charge is 0.486 e. The molecule has 0 bridgehead atoms. The van der Waals surface area contributed by atoms with E-state index in [0.717, 1.165) is 42.7 Å². The van der Waals surface area contributed by atoms with E-state index in [1.54, 1.807) is 0 Å². The number of benzene rings is 1. The minimum atomic E-state index is -0.0850. The average Bonchev–Trinajstić information content (AvgIpc) is 2.91. The van der Waals surface area contributed by atoms with Gasteiger partial charge in [0.25, 0.3) is 0 Å². The van der Waals surface area contributed by atoms with E-state index in [9.17, 15) is 0 Å². The Labute approximate surface area is 160 Å². The zero-order valence-corrected chi connectivity index (χ0v) is 16.6. The van der Waals surface area contributed by atoms with Crippen LogP contribution < -0.4 is 20.1 Å². The van der Waals surface area contributed by atoms with Crippen molar-refractivity contribution in [2.24, 2.45) is 12.0 Å². The van der Waals surface area contributed by atoms with E-state index < -0.39 is 0 Å². The third-order valence-corrected chi connectivity index (χ3v) is 4.69. The molecule has 0 radical (unpaired) electrons. The molecule has 0 aliphatic carbocycles. The van der Waals surface area contributed by atoms with Gasteiger partial charge in [-0.05, 0) is 44.9 Å². The first kappa shape index (κ1) is 19.1. The number of para-hydroxylation sites is 2. The molecule has 146 valence electrons. The number of aryl methyl sites for hydroxylation is 2. The number of hydrogen-bond donors (Lipinski definition) is 2. The summed E-state index contributed by atoms with van der Waals surface area (Å²) in [6.45, 7) is 8.87. The lowest BCUT2D eigenvalue weighted by Gasteiger charge is -2.25. The van der Waals surface area contributed by atoms with Gasteiger partial charge < -0.3 is 20.1 Å². The van der Waals surface area contributed by atoms with Gasteiger partial charge in [0, 0.05) is 25.8 Å². The van der Waals surface area contributed by atoms with Crippen LogP contribution in [0.3, 0.4) is 0 Å². The average molecular weight is 371 g/mol. The maximum Gasteiger partial charge on any atom is 0.191 e. The van der Waals surface area contributed by atoms with Gasteiger partial charge >= 0.3 is 0 Å². The van der Waals surface area contributed by atoms with E-state index in [0.29, 0.717) is 13.2 Å². The van der Waals surface area contributed by atoms with E-state index in [1.807, 2.05) is 36.0 Å². The maximum absolute atomic E-state index is 5.97. The number of fused-ring (bicyclic) bond motifs is 1. The standard InChI is InChI=1S/C20H29N5O2/c1-5-21-20(22-11-10-17-14(2)24-25(4)15(17)3)23-12-16-13-26-18-8-6-7-9-19(18)27-16/h6-9,16H,5,10-13H2,1-4H3,(H2,21,22,23). The molecular weight excluding hydrogens is 342 g/mol. The Morgan fingerprint density at radius 1 is 1.26 bits per heavy atom. The molecule has 0 amide bonds. The van der Waals surface area contributed by atoms with E-state index >= 15 is 0 Å². The highest BCUT2D eigenvalue weighted by Crippen LogP contribution is 2.30. The highest BCUT2D eigenvalue weighted by Gasteiger charge is 2.20. The van der Waals surface area contributed by atoms with Crippen molar-refractivity contribution in [1.82, 2.24) is 20.4 Å². The SMILES string of the molecule is CCNC(=NCC1COc2ccccc2O1)NCCc1c(C)nn(C)c1C. The molecule has 0 fully saturated rings. The fourth-order valence-corrected chi connectivity index (χ4v) is 3.17. The van der Waals surface area contributed by atoms with Crippen LogP contribution in [0, 0.1) is 13.8 Å². The van der Waals surface area contributed by atoms with Crippen LogP contribution in [0.2, 0.25) is 0 Å². The normalized spacial score (nSPS) is 16.3. The molecule has 0 saturated carbocycles. The summed E-state index contributed by atoms with van der Waals surface area (Å²) in [5.74, 6) is 2.37. The third-order valence-electron chi connectivity index (χ3n) is 4.69. The summed E-state index contributed by atoms with van der Waals surface area (Å²) in [6, 6.07) is 7.73. The first-order valence-corrected chi connectivity index (χ1v) is 9.48. The van der Waals surface area contributed by atoms with Gasteiger partial charge in [-0.1, -0.05) is 12.1 Å². The topological polar surface area (TPSA) is 72.7 Å². The lowest BCUT2D eigenvalue weighted by molar-refractivity contribution is 0.0971. The lowest BCUT2D eigenvalue weighted by Crippen LogP contribution is -2.40. The van der Waals surface area contributed by atoms with E-state index in [2.05, 4.69) is 41.5 Å². The molecule has 1 unspecified atom stereocenters. The molecule has 27 heavy (non-hydrogen) atoms. The van der Waals surface area contributed by atoms with Crippen LogP contribution in [-0.2, 0) is 13.5 Å². The van der Waals surface area contributed by atoms with E-state index in [1.165, 1.54) is 11.3 Å². The molecule has 2 aromatic rings. The van der Waals surface area contributed by atoms with Crippen LogP contribution in [-0.4, -0.2) is 48.1 Å². The van der Waals surface area contributed by atoms with Crippen molar-refractivity contribution in [1.29, 1.82) is 0 Å². The van der Waals surface area contributed by atoms with Crippen molar-refractivity contribution >= 4 is 5.96 Å². The number of ether oxygens (including phenoxy) is 2. The summed E-state index contributed by atoms with van der Waals surface area (Å²) < 4.78 is 13.7. The lowest BCUT2D eigenvalue weighted by atomic mass is 10.1. The van der Waals surface area contributed by atoms with E-state index in [4.69, 9.17) is 9.47 Å². The molecule has 0 saturated heterocycles. The van der Waals surface area contributed by atoms with Gasteiger partial charge in [0.05, 0.1) is 12.2 Å². The summed E-state index contributed by atoms with van der Waals surface area (Å²) >= 11 is 0. The van der Waals surface area contributed by atoms with Gasteiger partial charge in [-0.3, -0.25) is 4.68 Å². The molecule has 1 aliphatic heterocycles. The quantitative estimate of drug-likeness (QED) is 0.600. The molecule has 0 spiro atoms. The highest BCUT2D eigenvalue weighted by molar-refractivity contribution is 5.79. The van der Waals surface area contributed by atoms with Crippen LogP contribution >= 0.6 is 0 Å². The Balaban J connectivity index is 1.54. The third kappa shape index (κ3) is 4.72. The van der Waals surface area contributed by atoms with Crippen molar-refractivity contribution in [2.45, 2.75) is 33.3 Å². The highest BCUT2D eigenvalue weighted by atomic mass is 16.6. The number of aromatic nitrogens is 2. The summed E-state index contributed by atoms with van der Waals surface area (Å²) in [5, 5.41) is 11.2. The number of nitrogens with zero attached hydrogens (tertiary/aromatic N) is 3. The summed E-state index contributed by atoms with van der Waals surface area (Å²) in [6.07, 6.45) is 0.824. The smallest absolute Gasteiger partial charge is 0.191 e. The van der Waals surface area contributed by atoms with Crippen LogP contribution in [0.1, 0.15) is 23.9 Å². The van der Waals surface area contributed by atoms with Gasteiger partial charge in [0.15, 0.2) is 23.6 Å². The molecule has 1 aromatic carbocycles. The molecule has 2 heterocycles. The molecule has 1 atom stereocenters. The van der Waals surface area contributed by atoms with Crippen molar-refractivity contribution in [2.75, 3.05) is 26.2 Å². The second-order valence-electron chi connectivity index (χ2n) is 6.67. The van der Waals surface area contributed by atoms with Gasteiger partial charge in [0.1, 0.15) is 6.61 Å². The van der Waals surface area contributed by atoms with Crippen LogP contribution in [0.25, 0.3) is 0 Å². The zero-order valence-electron chi connectivity index (χ0n) is 16.6. The Morgan fingerprint density at radius 2 is 2.04 bits per heavy atom. The summed E-state index contributed by atoms with van der Waals surface area (Å²) in [7, 11) is 1.98. The van der Waals surface area contributed by atoms with Crippen LogP contribution in [0.5, 0.6) is 11.5 Å². The van der Waals surface area contributed by atoms with Crippen molar-refractivity contribution in [3.8, 4) is 11.5 Å². The Kier molecular flexibility index (Phi) is 6.21. The Hall–Kier alpha value is -2.70. The molecular formula is C20H29N5O2. The second-order valence-corrected chi connectivity index (χ2v) is 6.67. The second kappa shape index (κ2) is 8.79. The summed E-state index contributed by atoms with van der Waals surface area (Å²) in [5.41, 5.74) is 3.59. The predicted molar refractivity (Wildman–Crippen MR) is 107 cm³/mol. The monoisotopic (exact) mass is 371 g/mol. The number of rotatable bonds is 6. The molecule has 1 aromatic heterocycles. The zero-order chi connectivity index (χ0) is 19.2. The first-order valence-electron chi connectivity index (χ1n) is 9.48. The molecule has 7 nitrogen and oxygen atoms in total. The predicted octanol–water partition coefficient (Wildman–Crippen LogP) is 1.97. The fourth-order valence-electron chi connectivity index (χ4n) is 3.17. The number of guanidine groups is 1. The Morgan fingerprint density at radius 3 is 2.74 bits per heavy atom. The first-order chi connectivity index (χ1) is 13.1. The summed E-state index contributed by atoms with van der Waals surface area (Å²) in [4.78, 5) is 4.66. The van der Waals surface area contributed by atoms with Crippen molar-refractivity contribution < 1.29 is 9.47 Å². The number of aliphatic imine (C=N–C) groups is 1. The minimum Gasteiger partial charge on any atom is -0.486 e. The fraction of sp³-hybridized carbons (Fsp3) is 0.500. The van der Waals surface area contributed by atoms with Gasteiger partial charge in [-0.15, -0.1) is 0 Å². The number of hydrogen-bond acceptors (Lipinski definition) is 4. The molecule has 3 rings (SSSR count). The van der Waals surface area contributed by atoms with Crippen molar-refractivity contribution in [3.05, 3.63) is 41.2 Å². The molecule has 2 N–H and O–H groups in total. The van der Waals surface area contributed by atoms with Crippen LogP contribution in [0.15, 0.2) is 29.3 Å². The van der Waals surface area contributed by atoms with E-state index in [-0.39, 0.29) is 6.10 Å². The molecule has 7 heteroatoms. The van der Waals surface area contributed by atoms with Gasteiger partial charge in [0.2, 0.25) is 0 Å². The number of nitrogens with one attached hydrogen (secondary N) is 2. The van der Waals surface area contributed by atoms with Gasteiger partial charge in [-0.2, -0.15) is 5.10 Å². The molecule has 1 aliphatic rings. The van der Waals surface area contributed by atoms with Gasteiger partial charge in [-0.25, -0.2) is 4.99 Å².